The van der Waals surface area contributed by atoms with E-state index in [1.165, 1.54) is 7.11 Å². The number of carbonyl (C=O) groups excluding carboxylic acids is 1. The second kappa shape index (κ2) is 5.71. The van der Waals surface area contributed by atoms with Crippen LogP contribution in [0.3, 0.4) is 0 Å². The summed E-state index contributed by atoms with van der Waals surface area (Å²) >= 11 is 6.13. The van der Waals surface area contributed by atoms with Crippen LogP contribution in [0.2, 0.25) is 5.15 Å². The Bertz CT molecular complexity index is 445. The number of aromatic nitrogens is 2. The van der Waals surface area contributed by atoms with Crippen LogP contribution in [-0.2, 0) is 27.1 Å². The third-order valence-electron chi connectivity index (χ3n) is 3.24. The number of ether oxygens (including phenoxy) is 2. The highest BCUT2D eigenvalue weighted by molar-refractivity contribution is 6.30. The van der Waals surface area contributed by atoms with E-state index in [2.05, 4.69) is 4.98 Å². The minimum Gasteiger partial charge on any atom is -0.467 e. The lowest BCUT2D eigenvalue weighted by molar-refractivity contribution is -0.145. The maximum Gasteiger partial charge on any atom is 0.328 e. The molecule has 6 heteroatoms. The van der Waals surface area contributed by atoms with Crippen molar-refractivity contribution < 1.29 is 14.3 Å². The van der Waals surface area contributed by atoms with Crippen LogP contribution in [0.1, 0.15) is 30.4 Å². The molecule has 0 fully saturated rings. The van der Waals surface area contributed by atoms with E-state index >= 15 is 0 Å². The van der Waals surface area contributed by atoms with Crippen molar-refractivity contribution in [1.29, 1.82) is 0 Å². The van der Waals surface area contributed by atoms with E-state index in [9.17, 15) is 4.79 Å². The lowest BCUT2D eigenvalue weighted by Gasteiger charge is -2.25. The summed E-state index contributed by atoms with van der Waals surface area (Å²) < 4.78 is 11.8. The Labute approximate surface area is 111 Å². The van der Waals surface area contributed by atoms with Gasteiger partial charge in [-0.2, -0.15) is 0 Å². The highest BCUT2D eigenvalue weighted by atomic mass is 35.5. The molecule has 0 spiro atoms. The Balaban J connectivity index is 2.36. The average molecular weight is 273 g/mol. The zero-order chi connectivity index (χ0) is 13.1. The molecule has 0 bridgehead atoms. The summed E-state index contributed by atoms with van der Waals surface area (Å²) in [5, 5.41) is 0.495. The van der Waals surface area contributed by atoms with Crippen molar-refractivity contribution in [3.63, 3.8) is 0 Å². The summed E-state index contributed by atoms with van der Waals surface area (Å²) in [5.41, 5.74) is 0.935. The van der Waals surface area contributed by atoms with Crippen molar-refractivity contribution in [1.82, 2.24) is 9.55 Å². The first-order valence-corrected chi connectivity index (χ1v) is 6.39. The summed E-state index contributed by atoms with van der Waals surface area (Å²) in [6, 6.07) is -0.300. The molecule has 0 N–H and O–H groups in total. The van der Waals surface area contributed by atoms with Crippen LogP contribution in [0.25, 0.3) is 0 Å². The maximum atomic E-state index is 11.8. The average Bonchev–Trinajstić information content (AvgIpc) is 2.72. The van der Waals surface area contributed by atoms with Gasteiger partial charge in [-0.25, -0.2) is 9.78 Å². The standard InChI is InChI=1S/C12H17ClN2O3/c1-17-7-6-10-14-11(13)8-4-3-5-9(15(8)10)12(16)18-2/h9H,3-7H2,1-2H3. The van der Waals surface area contributed by atoms with Crippen molar-refractivity contribution in [2.75, 3.05) is 20.8 Å². The van der Waals surface area contributed by atoms with E-state index in [1.54, 1.807) is 7.11 Å². The molecule has 18 heavy (non-hydrogen) atoms. The van der Waals surface area contributed by atoms with Crippen molar-refractivity contribution in [3.8, 4) is 0 Å². The normalized spacial score (nSPS) is 18.5. The second-order valence-electron chi connectivity index (χ2n) is 4.31. The highest BCUT2D eigenvalue weighted by Crippen LogP contribution is 2.32. The number of methoxy groups -OCH3 is 2. The minimum absolute atomic E-state index is 0.233. The molecule has 1 aromatic rings. The second-order valence-corrected chi connectivity index (χ2v) is 4.67. The van der Waals surface area contributed by atoms with Crippen molar-refractivity contribution in [3.05, 3.63) is 16.7 Å². The Morgan fingerprint density at radius 3 is 3.00 bits per heavy atom. The van der Waals surface area contributed by atoms with Crippen LogP contribution in [-0.4, -0.2) is 36.3 Å². The van der Waals surface area contributed by atoms with Crippen LogP contribution >= 0.6 is 11.6 Å². The van der Waals surface area contributed by atoms with Crippen LogP contribution in [0.15, 0.2) is 0 Å². The number of carbonyl (C=O) groups is 1. The number of imidazole rings is 1. The Morgan fingerprint density at radius 2 is 2.33 bits per heavy atom. The zero-order valence-electron chi connectivity index (χ0n) is 10.6. The molecule has 2 rings (SSSR count). The highest BCUT2D eigenvalue weighted by Gasteiger charge is 2.31. The Hall–Kier alpha value is -1.07. The third-order valence-corrected chi connectivity index (χ3v) is 3.54. The Morgan fingerprint density at radius 1 is 1.56 bits per heavy atom. The first-order chi connectivity index (χ1) is 8.69. The van der Waals surface area contributed by atoms with E-state index in [-0.39, 0.29) is 12.0 Å². The lowest BCUT2D eigenvalue weighted by Crippen LogP contribution is -2.28. The van der Waals surface area contributed by atoms with Crippen LogP contribution in [0.5, 0.6) is 0 Å². The fourth-order valence-electron chi connectivity index (χ4n) is 2.40. The van der Waals surface area contributed by atoms with Crippen LogP contribution < -0.4 is 0 Å². The smallest absolute Gasteiger partial charge is 0.328 e. The molecule has 0 aromatic carbocycles. The van der Waals surface area contributed by atoms with Gasteiger partial charge in [-0.15, -0.1) is 0 Å². The zero-order valence-corrected chi connectivity index (χ0v) is 11.4. The number of hydrogen-bond acceptors (Lipinski definition) is 4. The van der Waals surface area contributed by atoms with Crippen LogP contribution in [0.4, 0.5) is 0 Å². The van der Waals surface area contributed by atoms with Gasteiger partial charge in [-0.3, -0.25) is 0 Å². The molecule has 1 atom stereocenters. The molecule has 0 saturated carbocycles. The quantitative estimate of drug-likeness (QED) is 0.784. The molecule has 5 nitrogen and oxygen atoms in total. The number of halogens is 1. The molecule has 0 amide bonds. The molecule has 100 valence electrons. The van der Waals surface area contributed by atoms with E-state index in [0.717, 1.165) is 30.8 Å². The molecule has 1 aliphatic rings. The van der Waals surface area contributed by atoms with Gasteiger partial charge in [0.1, 0.15) is 11.9 Å². The van der Waals surface area contributed by atoms with E-state index in [1.807, 2.05) is 4.57 Å². The van der Waals surface area contributed by atoms with E-state index in [4.69, 9.17) is 21.1 Å². The number of fused-ring (bicyclic) bond motifs is 1. The molecule has 0 radical (unpaired) electrons. The van der Waals surface area contributed by atoms with E-state index in [0.29, 0.717) is 18.2 Å². The largest absolute Gasteiger partial charge is 0.467 e. The van der Waals surface area contributed by atoms with Crippen molar-refractivity contribution in [2.24, 2.45) is 0 Å². The lowest BCUT2D eigenvalue weighted by atomic mass is 10.0. The van der Waals surface area contributed by atoms with E-state index < -0.39 is 0 Å². The molecule has 1 aromatic heterocycles. The fourth-order valence-corrected chi connectivity index (χ4v) is 2.68. The summed E-state index contributed by atoms with van der Waals surface area (Å²) in [6.45, 7) is 0.556. The van der Waals surface area contributed by atoms with Gasteiger partial charge in [0.05, 0.1) is 19.4 Å². The number of rotatable bonds is 4. The number of esters is 1. The molecule has 1 unspecified atom stereocenters. The van der Waals surface area contributed by atoms with Gasteiger partial charge >= 0.3 is 5.97 Å². The summed E-state index contributed by atoms with van der Waals surface area (Å²) in [6.07, 6.45) is 3.19. The molecule has 0 saturated heterocycles. The molecule has 0 aliphatic carbocycles. The van der Waals surface area contributed by atoms with Gasteiger partial charge in [0, 0.05) is 13.5 Å². The monoisotopic (exact) mass is 272 g/mol. The van der Waals surface area contributed by atoms with Gasteiger partial charge in [0.2, 0.25) is 0 Å². The molecular formula is C12H17ClN2O3. The van der Waals surface area contributed by atoms with Gasteiger partial charge in [0.25, 0.3) is 0 Å². The molecule has 1 aliphatic heterocycles. The first kappa shape index (κ1) is 13.4. The third kappa shape index (κ3) is 2.37. The van der Waals surface area contributed by atoms with Gasteiger partial charge in [-0.05, 0) is 19.3 Å². The van der Waals surface area contributed by atoms with Gasteiger partial charge in [0.15, 0.2) is 5.15 Å². The fraction of sp³-hybridized carbons (Fsp3) is 0.667. The van der Waals surface area contributed by atoms with Crippen LogP contribution in [0, 0.1) is 0 Å². The SMILES string of the molecule is COCCc1nc(Cl)c2n1C(C(=O)OC)CCC2. The summed E-state index contributed by atoms with van der Waals surface area (Å²) in [7, 11) is 3.05. The topological polar surface area (TPSA) is 53.4 Å². The Kier molecular flexibility index (Phi) is 4.24. The summed E-state index contributed by atoms with van der Waals surface area (Å²) in [4.78, 5) is 16.2. The van der Waals surface area contributed by atoms with Gasteiger partial charge in [-0.1, -0.05) is 11.6 Å². The van der Waals surface area contributed by atoms with Crippen molar-refractivity contribution >= 4 is 17.6 Å². The van der Waals surface area contributed by atoms with Gasteiger partial charge < -0.3 is 14.0 Å². The predicted octanol–water partition coefficient (Wildman–Crippen LogP) is 1.78. The van der Waals surface area contributed by atoms with Crippen molar-refractivity contribution in [2.45, 2.75) is 31.7 Å². The predicted molar refractivity (Wildman–Crippen MR) is 66.8 cm³/mol. The number of hydrogen-bond donors (Lipinski definition) is 0. The molecule has 2 heterocycles. The summed E-state index contributed by atoms with van der Waals surface area (Å²) in [5.74, 6) is 0.565. The number of nitrogens with zero attached hydrogens (tertiary/aromatic N) is 2. The molecular weight excluding hydrogens is 256 g/mol. The first-order valence-electron chi connectivity index (χ1n) is 6.01. The maximum absolute atomic E-state index is 11.8. The minimum atomic E-state index is -0.300.